The zero-order valence-corrected chi connectivity index (χ0v) is 25.8. The number of ether oxygens (including phenoxy) is 1. The topological polar surface area (TPSA) is 107 Å². The van der Waals surface area contributed by atoms with Crippen molar-refractivity contribution in [1.82, 2.24) is 0 Å². The Bertz CT molecular complexity index is 1650. The third-order valence-corrected chi connectivity index (χ3v) is 9.38. The highest BCUT2D eigenvalue weighted by molar-refractivity contribution is 8.13. The van der Waals surface area contributed by atoms with Gasteiger partial charge in [0, 0.05) is 22.1 Å². The molecule has 1 N–H and O–H groups in total. The van der Waals surface area contributed by atoms with E-state index in [1.54, 1.807) is 0 Å². The van der Waals surface area contributed by atoms with Crippen molar-refractivity contribution in [3.05, 3.63) is 85.3 Å². The van der Waals surface area contributed by atoms with Gasteiger partial charge in [-0.15, -0.1) is 0 Å². The summed E-state index contributed by atoms with van der Waals surface area (Å²) in [5.41, 5.74) is 0.579. The fourth-order valence-electron chi connectivity index (χ4n) is 2.70. The Hall–Kier alpha value is -1.87. The van der Waals surface area contributed by atoms with Gasteiger partial charge in [-0.25, -0.2) is 16.8 Å². The Labute approximate surface area is 255 Å². The molecule has 3 aromatic carbocycles. The summed E-state index contributed by atoms with van der Waals surface area (Å²) in [5, 5.41) is 0.549. The van der Waals surface area contributed by atoms with Crippen molar-refractivity contribution in [1.29, 1.82) is 0 Å². The van der Waals surface area contributed by atoms with Crippen LogP contribution in [0.1, 0.15) is 18.4 Å². The van der Waals surface area contributed by atoms with E-state index in [0.29, 0.717) is 10.6 Å². The lowest BCUT2D eigenvalue weighted by Crippen LogP contribution is -2.14. The molecule has 208 valence electrons. The molecular weight excluding hydrogens is 675 g/mol. The Morgan fingerprint density at radius 3 is 1.97 bits per heavy atom. The number of carbonyl (C=O) groups is 1. The molecular formula is C24H17Cl6NO6S2. The number of esters is 1. The molecule has 0 amide bonds. The third-order valence-electron chi connectivity index (χ3n) is 4.52. The van der Waals surface area contributed by atoms with Crippen LogP contribution >= 0.6 is 68.7 Å². The number of halogens is 6. The van der Waals surface area contributed by atoms with Gasteiger partial charge < -0.3 is 4.74 Å². The molecule has 0 heterocycles. The molecule has 39 heavy (non-hydrogen) atoms. The van der Waals surface area contributed by atoms with Crippen LogP contribution in [0.3, 0.4) is 0 Å². The molecule has 0 aliphatic heterocycles. The second kappa shape index (κ2) is 14.7. The first-order chi connectivity index (χ1) is 18.2. The van der Waals surface area contributed by atoms with E-state index in [4.69, 9.17) is 68.7 Å². The van der Waals surface area contributed by atoms with E-state index in [1.165, 1.54) is 61.7 Å². The van der Waals surface area contributed by atoms with Crippen molar-refractivity contribution in [2.75, 3.05) is 11.8 Å². The number of carbonyl (C=O) groups excluding carboxylic acids is 1. The largest absolute Gasteiger partial charge is 0.469 e. The summed E-state index contributed by atoms with van der Waals surface area (Å²) in [6.07, 6.45) is 0.384. The van der Waals surface area contributed by atoms with Crippen molar-refractivity contribution in [2.45, 2.75) is 22.6 Å². The van der Waals surface area contributed by atoms with Gasteiger partial charge in [0.2, 0.25) is 0 Å². The van der Waals surface area contributed by atoms with Crippen molar-refractivity contribution < 1.29 is 26.4 Å². The first-order valence-electron chi connectivity index (χ1n) is 10.4. The fourth-order valence-corrected chi connectivity index (χ4v) is 6.44. The van der Waals surface area contributed by atoms with Crippen LogP contribution in [0.15, 0.2) is 64.4 Å². The van der Waals surface area contributed by atoms with Gasteiger partial charge in [0.05, 0.1) is 44.9 Å². The lowest BCUT2D eigenvalue weighted by Gasteiger charge is -2.12. The van der Waals surface area contributed by atoms with E-state index in [9.17, 15) is 21.6 Å². The van der Waals surface area contributed by atoms with Crippen LogP contribution in [0.25, 0.3) is 0 Å². The Morgan fingerprint density at radius 2 is 1.44 bits per heavy atom. The van der Waals surface area contributed by atoms with E-state index >= 15 is 0 Å². The molecule has 0 radical (unpaired) electrons. The molecule has 0 bridgehead atoms. The van der Waals surface area contributed by atoms with E-state index in [-0.39, 0.29) is 54.4 Å². The number of benzene rings is 3. The van der Waals surface area contributed by atoms with E-state index < -0.39 is 19.1 Å². The zero-order valence-electron chi connectivity index (χ0n) is 19.6. The van der Waals surface area contributed by atoms with Crippen LogP contribution < -0.4 is 4.72 Å². The lowest BCUT2D eigenvalue weighted by molar-refractivity contribution is -0.140. The number of methoxy groups -OCH3 is 1. The maximum absolute atomic E-state index is 12.7. The number of anilines is 1. The summed E-state index contributed by atoms with van der Waals surface area (Å²) in [6.45, 7) is 0. The summed E-state index contributed by atoms with van der Waals surface area (Å²) in [4.78, 5) is 10.8. The molecule has 0 aromatic heterocycles. The van der Waals surface area contributed by atoms with E-state index in [1.807, 2.05) is 0 Å². The molecule has 0 unspecified atom stereocenters. The lowest BCUT2D eigenvalue weighted by atomic mass is 10.2. The molecule has 0 fully saturated rings. The smallest absolute Gasteiger partial charge is 0.306 e. The van der Waals surface area contributed by atoms with Crippen LogP contribution in [0, 0.1) is 11.8 Å². The summed E-state index contributed by atoms with van der Waals surface area (Å²) >= 11 is 29.0. The Kier molecular flexibility index (Phi) is 12.5. The Morgan fingerprint density at radius 1 is 0.872 bits per heavy atom. The van der Waals surface area contributed by atoms with Gasteiger partial charge in [-0.05, 0) is 42.5 Å². The monoisotopic (exact) mass is 689 g/mol. The summed E-state index contributed by atoms with van der Waals surface area (Å²) in [6, 6.07) is 13.1. The van der Waals surface area contributed by atoms with Gasteiger partial charge in [-0.1, -0.05) is 82.0 Å². The van der Waals surface area contributed by atoms with Gasteiger partial charge in [0.15, 0.2) is 0 Å². The molecule has 0 aliphatic carbocycles. The van der Waals surface area contributed by atoms with Crippen molar-refractivity contribution in [3.8, 4) is 11.8 Å². The molecule has 0 spiro atoms. The van der Waals surface area contributed by atoms with Crippen LogP contribution in [0.4, 0.5) is 5.69 Å². The van der Waals surface area contributed by atoms with Crippen molar-refractivity contribution in [3.63, 3.8) is 0 Å². The molecule has 3 rings (SSSR count). The standard InChI is InChI=1S/C18H14Cl3NO4S.C6H3Cl3O2S/c1-26-17(23)8-3-2-5-12-11-13(19)9-10-15(12)22-27(24,25)16-7-4-6-14(20)18(16)21;7-4-2-1-3-5(6(4)8)12(9,10)11/h4,6-7,9-11,22H,3,8H2,1H3;1-3H. The van der Waals surface area contributed by atoms with Crippen molar-refractivity contribution in [2.24, 2.45) is 0 Å². The highest BCUT2D eigenvalue weighted by Crippen LogP contribution is 2.32. The van der Waals surface area contributed by atoms with Crippen LogP contribution in [-0.4, -0.2) is 29.9 Å². The summed E-state index contributed by atoms with van der Waals surface area (Å²) < 4.78 is 54.0. The molecule has 0 saturated carbocycles. The highest BCUT2D eigenvalue weighted by Gasteiger charge is 2.21. The number of nitrogens with one attached hydrogen (secondary N) is 1. The van der Waals surface area contributed by atoms with Crippen LogP contribution in [0.2, 0.25) is 25.1 Å². The average molecular weight is 692 g/mol. The van der Waals surface area contributed by atoms with Gasteiger partial charge in [0.1, 0.15) is 9.79 Å². The number of sulfonamides is 1. The molecule has 0 aliphatic rings. The molecule has 0 atom stereocenters. The minimum absolute atomic E-state index is 0.0471. The molecule has 15 heteroatoms. The van der Waals surface area contributed by atoms with Gasteiger partial charge in [-0.2, -0.15) is 0 Å². The van der Waals surface area contributed by atoms with Gasteiger partial charge in [-0.3, -0.25) is 9.52 Å². The average Bonchev–Trinajstić information content (AvgIpc) is 2.86. The second-order valence-electron chi connectivity index (χ2n) is 7.22. The number of hydrogen-bond acceptors (Lipinski definition) is 6. The normalized spacial score (nSPS) is 10.9. The maximum atomic E-state index is 12.7. The quantitative estimate of drug-likeness (QED) is 0.162. The molecule has 3 aromatic rings. The SMILES string of the molecule is COC(=O)CCC#Cc1cc(Cl)ccc1NS(=O)(=O)c1cccc(Cl)c1Cl.O=S(=O)(Cl)c1cccc(Cl)c1Cl. The maximum Gasteiger partial charge on any atom is 0.306 e. The third kappa shape index (κ3) is 9.92. The van der Waals surface area contributed by atoms with E-state index in [0.717, 1.165) is 0 Å². The predicted octanol–water partition coefficient (Wildman–Crippen LogP) is 7.67. The second-order valence-corrected chi connectivity index (χ2v) is 13.4. The molecule has 0 saturated heterocycles. The van der Waals surface area contributed by atoms with E-state index in [2.05, 4.69) is 21.3 Å². The van der Waals surface area contributed by atoms with Crippen LogP contribution in [0.5, 0.6) is 0 Å². The number of rotatable bonds is 6. The van der Waals surface area contributed by atoms with Crippen molar-refractivity contribution >= 4 is 99.4 Å². The first kappa shape index (κ1) is 33.3. The molecule has 7 nitrogen and oxygen atoms in total. The minimum Gasteiger partial charge on any atom is -0.469 e. The highest BCUT2D eigenvalue weighted by atomic mass is 35.7. The summed E-state index contributed by atoms with van der Waals surface area (Å²) in [5.74, 6) is 5.21. The minimum atomic E-state index is -4.00. The van der Waals surface area contributed by atoms with Crippen LogP contribution in [-0.2, 0) is 28.6 Å². The summed E-state index contributed by atoms with van der Waals surface area (Å²) in [7, 11) is -1.44. The number of hydrogen-bond donors (Lipinski definition) is 1. The Balaban J connectivity index is 0.000000370. The first-order valence-corrected chi connectivity index (χ1v) is 16.1. The zero-order chi connectivity index (χ0) is 29.4. The predicted molar refractivity (Wildman–Crippen MR) is 156 cm³/mol. The van der Waals surface area contributed by atoms with Gasteiger partial charge in [0.25, 0.3) is 19.1 Å². The fraction of sp³-hybridized carbons (Fsp3) is 0.125. The van der Waals surface area contributed by atoms with Gasteiger partial charge >= 0.3 is 5.97 Å².